The van der Waals surface area contributed by atoms with Crippen molar-refractivity contribution >= 4 is 23.4 Å². The summed E-state index contributed by atoms with van der Waals surface area (Å²) in [5.41, 5.74) is 8.13. The number of nitrogens with two attached hydrogens (primary N) is 1. The number of ether oxygens (including phenoxy) is 1. The standard InChI is InChI=1S/C27H41N5O3.C9H14N2O.C3H8.CH4/c1-7-10-20(28)31-23-16(3)29-21(8-2)32-15-19(24(33)27(23,32)6)30-25(34)17-11-9-12-18-22(17)35-14-13-26(18,4)5;1-5-6-7(2)11-8(3)9(12)10-4;1-3-2;/h8-9,11-12,16,19,23-24,29,33H,7,10,13-15H2,1-6H3,(H2,28,31)(H,30,34);5-6H,3H2,1-2,4H3,(H,10,12);3H2,1-2H3;1H4/p+1/b21-8-;6-5-,11-7?;;. The second-order valence-corrected chi connectivity index (χ2v) is 14.0. The number of para-hydroxylation sites is 1. The average Bonchev–Trinajstić information content (AvgIpc) is 3.32. The highest BCUT2D eigenvalue weighted by atomic mass is 16.5. The molecule has 3 aliphatic rings. The molecule has 4 rings (SSSR count). The van der Waals surface area contributed by atoms with E-state index in [4.69, 9.17) is 10.5 Å². The van der Waals surface area contributed by atoms with Crippen LogP contribution in [0.1, 0.15) is 118 Å². The van der Waals surface area contributed by atoms with Crippen LogP contribution in [-0.4, -0.2) is 83.3 Å². The minimum absolute atomic E-state index is 0. The lowest BCUT2D eigenvalue weighted by Gasteiger charge is -2.50. The number of rotatable bonds is 8. The van der Waals surface area contributed by atoms with Crippen LogP contribution >= 0.6 is 0 Å². The van der Waals surface area contributed by atoms with E-state index >= 15 is 0 Å². The van der Waals surface area contributed by atoms with Gasteiger partial charge in [0.25, 0.3) is 11.8 Å². The second kappa shape index (κ2) is 20.1. The minimum atomic E-state index is -0.810. The lowest BCUT2D eigenvalue weighted by atomic mass is 9.79. The van der Waals surface area contributed by atoms with Gasteiger partial charge in [-0.05, 0) is 71.1 Å². The summed E-state index contributed by atoms with van der Waals surface area (Å²) in [4.78, 5) is 34.0. The molecule has 2 amide bonds. The van der Waals surface area contributed by atoms with Crippen molar-refractivity contribution in [1.29, 1.82) is 0 Å². The zero-order valence-electron chi connectivity index (χ0n) is 32.4. The van der Waals surface area contributed by atoms with Crippen LogP contribution in [0.25, 0.3) is 0 Å². The molecule has 286 valence electrons. The molecule has 1 aromatic rings. The zero-order chi connectivity index (χ0) is 37.8. The molecule has 2 fully saturated rings. The van der Waals surface area contributed by atoms with E-state index < -0.39 is 17.7 Å². The van der Waals surface area contributed by atoms with Gasteiger partial charge in [-0.1, -0.05) is 73.3 Å². The van der Waals surface area contributed by atoms with Crippen molar-refractivity contribution in [2.75, 3.05) is 20.2 Å². The van der Waals surface area contributed by atoms with Gasteiger partial charge in [0.15, 0.2) is 0 Å². The van der Waals surface area contributed by atoms with Crippen LogP contribution < -0.4 is 31.4 Å². The predicted octanol–water partition coefficient (Wildman–Crippen LogP) is 4.08. The Hall–Kier alpha value is -4.12. The van der Waals surface area contributed by atoms with Crippen LogP contribution in [0.15, 0.2) is 59.5 Å². The van der Waals surface area contributed by atoms with E-state index in [1.165, 1.54) is 6.42 Å². The number of carbonyl (C=O) groups excluding carboxylic acids is 2. The van der Waals surface area contributed by atoms with Gasteiger partial charge in [0, 0.05) is 31.3 Å². The molecule has 0 bridgehead atoms. The summed E-state index contributed by atoms with van der Waals surface area (Å²) in [7, 11) is 1.55. The maximum atomic E-state index is 13.5. The lowest BCUT2D eigenvalue weighted by molar-refractivity contribution is -0.532. The van der Waals surface area contributed by atoms with Gasteiger partial charge in [-0.2, -0.15) is 0 Å². The summed E-state index contributed by atoms with van der Waals surface area (Å²) >= 11 is 0. The number of fused-ring (bicyclic) bond motifs is 2. The number of benzene rings is 1. The van der Waals surface area contributed by atoms with Gasteiger partial charge in [-0.25, -0.2) is 4.99 Å². The Balaban J connectivity index is 0.000000688. The van der Waals surface area contributed by atoms with Crippen molar-refractivity contribution in [1.82, 2.24) is 20.9 Å². The van der Waals surface area contributed by atoms with Gasteiger partial charge in [0.1, 0.15) is 29.1 Å². The Morgan fingerprint density at radius 3 is 2.45 bits per heavy atom. The number of nitrogens with one attached hydrogen (secondary N) is 4. The molecule has 5 unspecified atom stereocenters. The topological polar surface area (TPSA) is 155 Å². The zero-order valence-corrected chi connectivity index (χ0v) is 32.4. The van der Waals surface area contributed by atoms with Crippen LogP contribution in [0.4, 0.5) is 0 Å². The molecule has 11 heteroatoms. The lowest BCUT2D eigenvalue weighted by Crippen LogP contribution is -2.94. The SMILES string of the molecule is C.C/C=C1/NC(C)C([NH+]=C(N)CCC)C2(C)C(O)C(NC(=O)c3cccc4c3OCCC4(C)C)CN12.C=C(N=C(C)/C=C\C)C(=O)NC.CCC. The first-order valence-electron chi connectivity index (χ1n) is 18.0. The monoisotopic (exact) mass is 711 g/mol. The Morgan fingerprint density at radius 2 is 1.88 bits per heavy atom. The fourth-order valence-corrected chi connectivity index (χ4v) is 6.73. The van der Waals surface area contributed by atoms with Crippen molar-refractivity contribution in [2.24, 2.45) is 10.7 Å². The molecule has 3 heterocycles. The van der Waals surface area contributed by atoms with Crippen molar-refractivity contribution in [3.63, 3.8) is 0 Å². The Bertz CT molecular complexity index is 1460. The first-order valence-corrected chi connectivity index (χ1v) is 18.0. The van der Waals surface area contributed by atoms with Crippen molar-refractivity contribution in [3.8, 4) is 5.75 Å². The van der Waals surface area contributed by atoms with Crippen molar-refractivity contribution < 1.29 is 24.4 Å². The second-order valence-electron chi connectivity index (χ2n) is 14.0. The molecule has 0 spiro atoms. The summed E-state index contributed by atoms with van der Waals surface area (Å²) in [5, 5.41) is 20.8. The number of amidine groups is 1. The third-order valence-corrected chi connectivity index (χ3v) is 9.36. The molecule has 51 heavy (non-hydrogen) atoms. The molecule has 7 N–H and O–H groups in total. The Kier molecular flexibility index (Phi) is 17.7. The Morgan fingerprint density at radius 1 is 1.24 bits per heavy atom. The number of amides is 2. The van der Waals surface area contributed by atoms with Crippen LogP contribution in [-0.2, 0) is 10.2 Å². The maximum absolute atomic E-state index is 13.5. The molecule has 0 radical (unpaired) electrons. The van der Waals surface area contributed by atoms with Crippen LogP contribution in [0.3, 0.4) is 0 Å². The van der Waals surface area contributed by atoms with E-state index in [0.717, 1.165) is 36.4 Å². The Labute approximate surface area is 308 Å². The highest BCUT2D eigenvalue weighted by Crippen LogP contribution is 2.41. The number of carbonyl (C=O) groups is 2. The molecular weight excluding hydrogens is 642 g/mol. The molecule has 0 saturated carbocycles. The van der Waals surface area contributed by atoms with Crippen LogP contribution in [0.2, 0.25) is 0 Å². The van der Waals surface area contributed by atoms with E-state index in [1.54, 1.807) is 13.1 Å². The number of aliphatic hydroxyl groups is 1. The molecule has 2 saturated heterocycles. The molecule has 5 atom stereocenters. The van der Waals surface area contributed by atoms with Gasteiger partial charge in [-0.3, -0.25) is 20.3 Å². The van der Waals surface area contributed by atoms with Crippen LogP contribution in [0.5, 0.6) is 5.75 Å². The van der Waals surface area contributed by atoms with Gasteiger partial charge in [0.2, 0.25) is 5.84 Å². The quantitative estimate of drug-likeness (QED) is 0.135. The first-order chi connectivity index (χ1) is 23.6. The minimum Gasteiger partial charge on any atom is -0.492 e. The molecule has 0 aliphatic carbocycles. The molecule has 3 aliphatic heterocycles. The molecule has 1 aromatic carbocycles. The van der Waals surface area contributed by atoms with E-state index in [9.17, 15) is 14.7 Å². The highest BCUT2D eigenvalue weighted by molar-refractivity contribution is 6.00. The number of nitrogens with zero attached hydrogens (tertiary/aromatic N) is 2. The van der Waals surface area contributed by atoms with Crippen molar-refractivity contribution in [2.45, 2.75) is 138 Å². The van der Waals surface area contributed by atoms with Gasteiger partial charge >= 0.3 is 0 Å². The summed E-state index contributed by atoms with van der Waals surface area (Å²) in [6.07, 6.45) is 8.74. The summed E-state index contributed by atoms with van der Waals surface area (Å²) in [6.45, 7) is 25.1. The number of hydrogen-bond acceptors (Lipinski definition) is 7. The summed E-state index contributed by atoms with van der Waals surface area (Å²) in [5.74, 6) is 1.84. The fraction of sp³-hybridized carbons (Fsp3) is 0.600. The normalized spacial score (nSPS) is 25.7. The summed E-state index contributed by atoms with van der Waals surface area (Å²) < 4.78 is 5.97. The number of aliphatic hydroxyl groups excluding tert-OH is 1. The number of hydrogen-bond donors (Lipinski definition) is 6. The largest absolute Gasteiger partial charge is 0.492 e. The third-order valence-electron chi connectivity index (χ3n) is 9.36. The number of allylic oxidation sites excluding steroid dienone is 3. The maximum Gasteiger partial charge on any atom is 0.269 e. The molecule has 0 aromatic heterocycles. The van der Waals surface area contributed by atoms with Crippen LogP contribution in [0, 0.1) is 0 Å². The summed E-state index contributed by atoms with van der Waals surface area (Å²) in [6, 6.07) is 5.17. The van der Waals surface area contributed by atoms with E-state index in [-0.39, 0.29) is 42.4 Å². The fourth-order valence-electron chi connectivity index (χ4n) is 6.73. The molecular formula is C40H68N7O4+. The van der Waals surface area contributed by atoms with E-state index in [0.29, 0.717) is 30.3 Å². The van der Waals surface area contributed by atoms with E-state index in [1.807, 2.05) is 51.1 Å². The number of likely N-dealkylation sites (N-methyl/N-ethyl adjacent to an activating group) is 1. The molecule has 11 nitrogen and oxygen atoms in total. The van der Waals surface area contributed by atoms with Gasteiger partial charge < -0.3 is 30.7 Å². The van der Waals surface area contributed by atoms with Crippen molar-refractivity contribution in [3.05, 3.63) is 65.7 Å². The van der Waals surface area contributed by atoms with Gasteiger partial charge in [0.05, 0.1) is 30.1 Å². The number of aliphatic imine (C=N–C) groups is 1. The average molecular weight is 711 g/mol. The third kappa shape index (κ3) is 10.7. The first kappa shape index (κ1) is 44.9. The predicted molar refractivity (Wildman–Crippen MR) is 211 cm³/mol. The highest BCUT2D eigenvalue weighted by Gasteiger charge is 2.60. The van der Waals surface area contributed by atoms with E-state index in [2.05, 4.69) is 85.9 Å². The smallest absolute Gasteiger partial charge is 0.269 e. The van der Waals surface area contributed by atoms with Gasteiger partial charge in [-0.15, -0.1) is 0 Å².